The topological polar surface area (TPSA) is 61.8 Å². The zero-order chi connectivity index (χ0) is 23.9. The van der Waals surface area contributed by atoms with Gasteiger partial charge in [-0.3, -0.25) is 9.59 Å². The van der Waals surface area contributed by atoms with Crippen LogP contribution in [0.5, 0.6) is 5.75 Å². The van der Waals surface area contributed by atoms with Gasteiger partial charge in [0.15, 0.2) is 11.6 Å². The quantitative estimate of drug-likeness (QED) is 0.435. The van der Waals surface area contributed by atoms with Gasteiger partial charge in [0.1, 0.15) is 23.6 Å². The van der Waals surface area contributed by atoms with Crippen LogP contribution in [0.1, 0.15) is 68.2 Å². The maximum atomic E-state index is 14.0. The molecule has 1 aromatic carbocycles. The Morgan fingerprint density at radius 1 is 1.06 bits per heavy atom. The average Bonchev–Trinajstić information content (AvgIpc) is 2.64. The summed E-state index contributed by atoms with van der Waals surface area (Å²) < 4.78 is 44.2. The third-order valence-corrected chi connectivity index (χ3v) is 5.02. The molecule has 0 aliphatic carbocycles. The zero-order valence-electron chi connectivity index (χ0n) is 19.8. The van der Waals surface area contributed by atoms with Crippen molar-refractivity contribution in [2.75, 3.05) is 0 Å². The van der Waals surface area contributed by atoms with Crippen molar-refractivity contribution in [3.63, 3.8) is 0 Å². The monoisotopic (exact) mass is 442 g/mol. The third-order valence-electron chi connectivity index (χ3n) is 5.02. The average molecular weight is 443 g/mol. The van der Waals surface area contributed by atoms with E-state index in [1.54, 1.807) is 27.7 Å². The second kappa shape index (κ2) is 11.4. The highest BCUT2D eigenvalue weighted by molar-refractivity contribution is 5.80. The lowest BCUT2D eigenvalue weighted by molar-refractivity contribution is -0.168. The number of halogens is 2. The van der Waals surface area contributed by atoms with E-state index in [4.69, 9.17) is 14.2 Å². The summed E-state index contributed by atoms with van der Waals surface area (Å²) >= 11 is 0. The Labute approximate surface area is 184 Å². The molecule has 0 fully saturated rings. The lowest BCUT2D eigenvalue weighted by atomic mass is 9.89. The third kappa shape index (κ3) is 8.83. The van der Waals surface area contributed by atoms with E-state index >= 15 is 0 Å². The van der Waals surface area contributed by atoms with Gasteiger partial charge in [-0.25, -0.2) is 8.78 Å². The SMILES string of the molecule is CC[C@H](C)[C@H](CC(=O)OC(C)(C)C)C(=O)O[C@@H](C)[C@H](Oc1cc(F)ccc1F)C(C)C. The number of ether oxygens (including phenoxy) is 3. The number of rotatable bonds is 10. The molecule has 0 aliphatic heterocycles. The molecule has 0 amide bonds. The minimum atomic E-state index is -0.750. The fourth-order valence-electron chi connectivity index (χ4n) is 3.19. The van der Waals surface area contributed by atoms with E-state index in [0.717, 1.165) is 18.2 Å². The molecular formula is C24H36F2O5. The van der Waals surface area contributed by atoms with Crippen molar-refractivity contribution in [3.05, 3.63) is 29.8 Å². The van der Waals surface area contributed by atoms with E-state index in [0.29, 0.717) is 6.42 Å². The molecule has 7 heteroatoms. The van der Waals surface area contributed by atoms with Crippen molar-refractivity contribution >= 4 is 11.9 Å². The first-order chi connectivity index (χ1) is 14.2. The smallest absolute Gasteiger partial charge is 0.310 e. The predicted molar refractivity (Wildman–Crippen MR) is 115 cm³/mol. The van der Waals surface area contributed by atoms with Gasteiger partial charge in [-0.15, -0.1) is 0 Å². The molecule has 0 heterocycles. The van der Waals surface area contributed by atoms with Crippen molar-refractivity contribution in [3.8, 4) is 5.75 Å². The Hall–Kier alpha value is -2.18. The molecule has 5 nitrogen and oxygen atoms in total. The van der Waals surface area contributed by atoms with Crippen molar-refractivity contribution in [1.29, 1.82) is 0 Å². The zero-order valence-corrected chi connectivity index (χ0v) is 19.8. The van der Waals surface area contributed by atoms with Gasteiger partial charge in [0.05, 0.1) is 12.3 Å². The Morgan fingerprint density at radius 3 is 2.19 bits per heavy atom. The highest BCUT2D eigenvalue weighted by atomic mass is 19.1. The van der Waals surface area contributed by atoms with Gasteiger partial charge < -0.3 is 14.2 Å². The Bertz CT molecular complexity index is 742. The maximum Gasteiger partial charge on any atom is 0.310 e. The molecule has 4 atom stereocenters. The number of esters is 2. The molecule has 31 heavy (non-hydrogen) atoms. The van der Waals surface area contributed by atoms with E-state index < -0.39 is 47.3 Å². The second-order valence-corrected chi connectivity index (χ2v) is 9.33. The highest BCUT2D eigenvalue weighted by Gasteiger charge is 2.34. The molecule has 0 aromatic heterocycles. The van der Waals surface area contributed by atoms with Crippen LogP contribution in [0.25, 0.3) is 0 Å². The molecule has 0 saturated carbocycles. The van der Waals surface area contributed by atoms with E-state index in [1.165, 1.54) is 0 Å². The van der Waals surface area contributed by atoms with Gasteiger partial charge in [0.2, 0.25) is 0 Å². The maximum absolute atomic E-state index is 14.0. The van der Waals surface area contributed by atoms with Gasteiger partial charge in [-0.1, -0.05) is 34.1 Å². The first-order valence-electron chi connectivity index (χ1n) is 10.8. The summed E-state index contributed by atoms with van der Waals surface area (Å²) in [5.41, 5.74) is -0.653. The summed E-state index contributed by atoms with van der Waals surface area (Å²) in [5.74, 6) is -3.52. The summed E-state index contributed by atoms with van der Waals surface area (Å²) in [4.78, 5) is 25.2. The van der Waals surface area contributed by atoms with E-state index in [1.807, 2.05) is 27.7 Å². The first-order valence-corrected chi connectivity index (χ1v) is 10.8. The predicted octanol–water partition coefficient (Wildman–Crippen LogP) is 5.69. The Balaban J connectivity index is 2.95. The largest absolute Gasteiger partial charge is 0.483 e. The summed E-state index contributed by atoms with van der Waals surface area (Å²) in [6.45, 7) is 14.4. The van der Waals surface area contributed by atoms with Crippen LogP contribution in [-0.2, 0) is 19.1 Å². The minimum absolute atomic E-state index is 0.0937. The van der Waals surface area contributed by atoms with Gasteiger partial charge in [-0.05, 0) is 51.7 Å². The summed E-state index contributed by atoms with van der Waals surface area (Å²) in [5, 5.41) is 0. The summed E-state index contributed by atoms with van der Waals surface area (Å²) in [6.07, 6.45) is -0.876. The van der Waals surface area contributed by atoms with Crippen molar-refractivity contribution in [2.45, 2.75) is 86.0 Å². The normalized spacial score (nSPS) is 15.7. The minimum Gasteiger partial charge on any atom is -0.483 e. The molecule has 1 aromatic rings. The molecule has 0 unspecified atom stereocenters. The highest BCUT2D eigenvalue weighted by Crippen LogP contribution is 2.27. The molecule has 1 rings (SSSR count). The van der Waals surface area contributed by atoms with Crippen LogP contribution in [0, 0.1) is 29.4 Å². The standard InChI is InChI=1S/C24H36F2O5/c1-9-15(4)18(13-21(27)31-24(6,7)8)23(28)29-16(5)22(14(2)3)30-20-12-17(25)10-11-19(20)26/h10-12,14-16,18,22H,9,13H2,1-8H3/t15-,16-,18-,22+/m0/s1. The first kappa shape index (κ1) is 26.9. The van der Waals surface area contributed by atoms with Crippen LogP contribution in [0.2, 0.25) is 0 Å². The number of benzene rings is 1. The number of carbonyl (C=O) groups is 2. The second-order valence-electron chi connectivity index (χ2n) is 9.33. The lowest BCUT2D eigenvalue weighted by Crippen LogP contribution is -2.40. The van der Waals surface area contributed by atoms with Crippen LogP contribution >= 0.6 is 0 Å². The van der Waals surface area contributed by atoms with Crippen LogP contribution in [0.4, 0.5) is 8.78 Å². The molecule has 176 valence electrons. The fourth-order valence-corrected chi connectivity index (χ4v) is 3.19. The molecule has 0 bridgehead atoms. The van der Waals surface area contributed by atoms with Crippen molar-refractivity contribution in [2.24, 2.45) is 17.8 Å². The number of hydrogen-bond donors (Lipinski definition) is 0. The van der Waals surface area contributed by atoms with Gasteiger partial charge in [-0.2, -0.15) is 0 Å². The van der Waals surface area contributed by atoms with Crippen molar-refractivity contribution < 1.29 is 32.6 Å². The van der Waals surface area contributed by atoms with Gasteiger partial charge in [0.25, 0.3) is 0 Å². The molecule has 0 spiro atoms. The molecular weight excluding hydrogens is 406 g/mol. The van der Waals surface area contributed by atoms with Gasteiger partial charge >= 0.3 is 11.9 Å². The Kier molecular flexibility index (Phi) is 9.91. The summed E-state index contributed by atoms with van der Waals surface area (Å²) in [7, 11) is 0. The van der Waals surface area contributed by atoms with Crippen LogP contribution in [0.15, 0.2) is 18.2 Å². The van der Waals surface area contributed by atoms with Crippen LogP contribution in [-0.4, -0.2) is 29.7 Å². The van der Waals surface area contributed by atoms with E-state index in [2.05, 4.69) is 0 Å². The van der Waals surface area contributed by atoms with Crippen molar-refractivity contribution in [1.82, 2.24) is 0 Å². The fraction of sp³-hybridized carbons (Fsp3) is 0.667. The van der Waals surface area contributed by atoms with E-state index in [9.17, 15) is 18.4 Å². The molecule has 0 N–H and O–H groups in total. The molecule has 0 saturated heterocycles. The van der Waals surface area contributed by atoms with Crippen LogP contribution < -0.4 is 4.74 Å². The molecule has 0 radical (unpaired) electrons. The summed E-state index contributed by atoms with van der Waals surface area (Å²) in [6, 6.07) is 2.95. The molecule has 0 aliphatic rings. The van der Waals surface area contributed by atoms with E-state index in [-0.39, 0.29) is 24.0 Å². The Morgan fingerprint density at radius 2 is 1.68 bits per heavy atom. The van der Waals surface area contributed by atoms with Gasteiger partial charge in [0, 0.05) is 6.07 Å². The van der Waals surface area contributed by atoms with Crippen LogP contribution in [0.3, 0.4) is 0 Å². The number of carbonyl (C=O) groups excluding carboxylic acids is 2. The lowest BCUT2D eigenvalue weighted by Gasteiger charge is -2.30. The number of hydrogen-bond acceptors (Lipinski definition) is 5.